The molecule has 2 heteroatoms. The number of aryl methyl sites for hydroxylation is 1. The molecule has 106 valence electrons. The highest BCUT2D eigenvalue weighted by atomic mass is 32.1. The van der Waals surface area contributed by atoms with Crippen LogP contribution in [0.2, 0.25) is 0 Å². The predicted octanol–water partition coefficient (Wildman–Crippen LogP) is 5.09. The summed E-state index contributed by atoms with van der Waals surface area (Å²) in [5, 5.41) is 0. The maximum atomic E-state index is 5.38. The Morgan fingerprint density at radius 2 is 1.44 bits per heavy atom. The normalized spacial score (nSPS) is 12.6. The number of hydrogen-bond acceptors (Lipinski definition) is 2. The van der Waals surface area contributed by atoms with Crippen molar-refractivity contribution < 1.29 is 0 Å². The molecule has 18 heavy (non-hydrogen) atoms. The predicted molar refractivity (Wildman–Crippen MR) is 87.6 cm³/mol. The Balaban J connectivity index is 0. The number of rotatable bonds is 1. The third kappa shape index (κ3) is 10.7. The summed E-state index contributed by atoms with van der Waals surface area (Å²) in [4.78, 5) is 1.03. The maximum Gasteiger partial charge on any atom is 0.00401 e. The third-order valence-corrected chi connectivity index (χ3v) is 2.79. The minimum atomic E-state index is 0.565. The van der Waals surface area contributed by atoms with E-state index in [1.54, 1.807) is 0 Å². The molecule has 0 unspecified atom stereocenters. The SMILES string of the molecule is CC.CC.CCc1ccc(S)cc1.NC1CCC1. The van der Waals surface area contributed by atoms with Gasteiger partial charge in [-0.25, -0.2) is 0 Å². The molecule has 0 bridgehead atoms. The molecule has 0 aromatic heterocycles. The minimum Gasteiger partial charge on any atom is -0.328 e. The van der Waals surface area contributed by atoms with Gasteiger partial charge >= 0.3 is 0 Å². The lowest BCUT2D eigenvalue weighted by Gasteiger charge is -2.18. The fourth-order valence-corrected chi connectivity index (χ4v) is 1.32. The molecule has 1 aromatic carbocycles. The molecule has 1 saturated carbocycles. The van der Waals surface area contributed by atoms with Crippen molar-refractivity contribution in [3.05, 3.63) is 29.8 Å². The second-order valence-corrected chi connectivity index (χ2v) is 4.23. The molecular weight excluding hydrogens is 238 g/mol. The molecule has 0 heterocycles. The quantitative estimate of drug-likeness (QED) is 0.683. The first-order valence-electron chi connectivity index (χ1n) is 7.26. The Morgan fingerprint density at radius 3 is 1.67 bits per heavy atom. The molecule has 0 radical (unpaired) electrons. The number of thiol groups is 1. The van der Waals surface area contributed by atoms with Crippen LogP contribution >= 0.6 is 12.6 Å². The second kappa shape index (κ2) is 14.6. The molecule has 0 saturated heterocycles. The highest BCUT2D eigenvalue weighted by molar-refractivity contribution is 7.80. The molecule has 0 aliphatic heterocycles. The van der Waals surface area contributed by atoms with Gasteiger partial charge in [0.2, 0.25) is 0 Å². The van der Waals surface area contributed by atoms with Crippen molar-refractivity contribution in [2.45, 2.75) is 71.2 Å². The molecule has 1 aromatic rings. The van der Waals surface area contributed by atoms with E-state index in [0.29, 0.717) is 6.04 Å². The van der Waals surface area contributed by atoms with Gasteiger partial charge in [0.1, 0.15) is 0 Å². The Morgan fingerprint density at radius 1 is 1.06 bits per heavy atom. The van der Waals surface area contributed by atoms with Gasteiger partial charge in [0.15, 0.2) is 0 Å². The summed E-state index contributed by atoms with van der Waals surface area (Å²) in [7, 11) is 0. The van der Waals surface area contributed by atoms with E-state index >= 15 is 0 Å². The van der Waals surface area contributed by atoms with Crippen LogP contribution < -0.4 is 5.73 Å². The second-order valence-electron chi connectivity index (χ2n) is 3.71. The van der Waals surface area contributed by atoms with Crippen LogP contribution in [-0.4, -0.2) is 6.04 Å². The number of benzene rings is 1. The van der Waals surface area contributed by atoms with Crippen LogP contribution in [0.3, 0.4) is 0 Å². The number of hydrogen-bond donors (Lipinski definition) is 2. The molecule has 0 atom stereocenters. The fourth-order valence-electron chi connectivity index (χ4n) is 1.17. The molecular formula is C16H31NS. The van der Waals surface area contributed by atoms with Crippen molar-refractivity contribution in [1.82, 2.24) is 0 Å². The topological polar surface area (TPSA) is 26.0 Å². The summed E-state index contributed by atoms with van der Waals surface area (Å²) in [5.74, 6) is 0. The molecule has 2 rings (SSSR count). The summed E-state index contributed by atoms with van der Waals surface area (Å²) in [6, 6.07) is 8.80. The van der Waals surface area contributed by atoms with Crippen molar-refractivity contribution in [3.63, 3.8) is 0 Å². The molecule has 1 aliphatic rings. The first-order chi connectivity index (χ1) is 8.72. The van der Waals surface area contributed by atoms with Gasteiger partial charge < -0.3 is 5.73 Å². The Labute approximate surface area is 120 Å². The van der Waals surface area contributed by atoms with E-state index in [1.165, 1.54) is 24.8 Å². The average Bonchev–Trinajstić information content (AvgIpc) is 2.42. The van der Waals surface area contributed by atoms with Crippen LogP contribution in [0.1, 0.15) is 59.4 Å². The zero-order chi connectivity index (χ0) is 14.4. The summed E-state index contributed by atoms with van der Waals surface area (Å²) in [6.07, 6.45) is 5.00. The van der Waals surface area contributed by atoms with Gasteiger partial charge in [-0.15, -0.1) is 12.6 Å². The monoisotopic (exact) mass is 269 g/mol. The van der Waals surface area contributed by atoms with E-state index in [9.17, 15) is 0 Å². The van der Waals surface area contributed by atoms with E-state index in [0.717, 1.165) is 11.3 Å². The molecule has 1 fully saturated rings. The van der Waals surface area contributed by atoms with Crippen LogP contribution in [0.5, 0.6) is 0 Å². The zero-order valence-corrected chi connectivity index (χ0v) is 13.6. The van der Waals surface area contributed by atoms with Crippen LogP contribution in [0.25, 0.3) is 0 Å². The third-order valence-electron chi connectivity index (χ3n) is 2.49. The lowest BCUT2D eigenvalue weighted by atomic mass is 9.95. The first kappa shape index (κ1) is 19.9. The summed E-state index contributed by atoms with van der Waals surface area (Å²) in [5.41, 5.74) is 6.75. The number of nitrogens with two attached hydrogens (primary N) is 1. The van der Waals surface area contributed by atoms with E-state index in [4.69, 9.17) is 5.73 Å². The fraction of sp³-hybridized carbons (Fsp3) is 0.625. The maximum absolute atomic E-state index is 5.38. The summed E-state index contributed by atoms with van der Waals surface area (Å²) >= 11 is 4.17. The molecule has 1 nitrogen and oxygen atoms in total. The standard InChI is InChI=1S/C8H10S.C4H9N.2C2H6/c1-2-7-3-5-8(9)6-4-7;5-4-2-1-3-4;2*1-2/h3-6,9H,2H2,1H3;4H,1-3,5H2;2*1-2H3. The van der Waals surface area contributed by atoms with Gasteiger partial charge in [-0.2, -0.15) is 0 Å². The molecule has 0 spiro atoms. The van der Waals surface area contributed by atoms with Crippen LogP contribution in [-0.2, 0) is 6.42 Å². The molecule has 0 amide bonds. The van der Waals surface area contributed by atoms with Gasteiger partial charge in [0.25, 0.3) is 0 Å². The summed E-state index contributed by atoms with van der Waals surface area (Å²) < 4.78 is 0. The highest BCUT2D eigenvalue weighted by Gasteiger charge is 2.09. The van der Waals surface area contributed by atoms with E-state index in [-0.39, 0.29) is 0 Å². The van der Waals surface area contributed by atoms with Gasteiger partial charge in [-0.1, -0.05) is 53.2 Å². The average molecular weight is 269 g/mol. The van der Waals surface area contributed by atoms with Crippen LogP contribution in [0.15, 0.2) is 29.2 Å². The molecule has 1 aliphatic carbocycles. The van der Waals surface area contributed by atoms with Crippen molar-refractivity contribution >= 4 is 12.6 Å². The van der Waals surface area contributed by atoms with Crippen molar-refractivity contribution in [3.8, 4) is 0 Å². The first-order valence-corrected chi connectivity index (χ1v) is 7.70. The Hall–Kier alpha value is -0.470. The van der Waals surface area contributed by atoms with Gasteiger partial charge in [-0.05, 0) is 37.0 Å². The Kier molecular flexibility index (Phi) is 16.1. The minimum absolute atomic E-state index is 0.565. The lowest BCUT2D eigenvalue weighted by Crippen LogP contribution is -2.27. The van der Waals surface area contributed by atoms with Crippen LogP contribution in [0, 0.1) is 0 Å². The lowest BCUT2D eigenvalue weighted by molar-refractivity contribution is 0.418. The Bertz CT molecular complexity index is 252. The van der Waals surface area contributed by atoms with Crippen molar-refractivity contribution in [2.24, 2.45) is 5.73 Å². The van der Waals surface area contributed by atoms with E-state index < -0.39 is 0 Å². The van der Waals surface area contributed by atoms with Gasteiger partial charge in [0, 0.05) is 10.9 Å². The zero-order valence-electron chi connectivity index (χ0n) is 12.7. The van der Waals surface area contributed by atoms with Crippen molar-refractivity contribution in [1.29, 1.82) is 0 Å². The van der Waals surface area contributed by atoms with E-state index in [1.807, 2.05) is 39.8 Å². The highest BCUT2D eigenvalue weighted by Crippen LogP contribution is 2.14. The van der Waals surface area contributed by atoms with E-state index in [2.05, 4.69) is 31.7 Å². The van der Waals surface area contributed by atoms with Gasteiger partial charge in [0.05, 0.1) is 0 Å². The van der Waals surface area contributed by atoms with Crippen LogP contribution in [0.4, 0.5) is 0 Å². The smallest absolute Gasteiger partial charge is 0.00401 e. The largest absolute Gasteiger partial charge is 0.328 e. The van der Waals surface area contributed by atoms with Gasteiger partial charge in [-0.3, -0.25) is 0 Å². The molecule has 2 N–H and O–H groups in total. The van der Waals surface area contributed by atoms with Crippen molar-refractivity contribution in [2.75, 3.05) is 0 Å². The summed E-state index contributed by atoms with van der Waals surface area (Å²) in [6.45, 7) is 10.1.